The standard InChI is InChI=1S/C13H22O.C11H20O2.C4H8O2/c1-2-3-4-5-6-7-9-12-10-8-11-13(12)14;1-3-5-6-7-8-9-10-13-11(12)4-2;1-2-3-4(5)6/h6-7,12H,2-5,8-11H2,1H3;7-8H,3-6,9-10H2,1-2H3;2-3H2,1H3,(H,5,6)/b7-6+;8-7-;. The van der Waals surface area contributed by atoms with Gasteiger partial charge in [0.2, 0.25) is 0 Å². The molecule has 0 saturated heterocycles. The molecule has 0 amide bonds. The Kier molecular flexibility index (Phi) is 26.6. The summed E-state index contributed by atoms with van der Waals surface area (Å²) in [4.78, 5) is 31.6. The number of Topliss-reactive ketones (excluding diaryl/α,β-unsaturated/α-hetero) is 1. The van der Waals surface area contributed by atoms with Gasteiger partial charge >= 0.3 is 11.9 Å². The lowest BCUT2D eigenvalue weighted by atomic mass is 10.0. The Balaban J connectivity index is 0. The molecule has 0 radical (unpaired) electrons. The van der Waals surface area contributed by atoms with E-state index in [1.54, 1.807) is 6.92 Å². The molecule has 0 spiro atoms. The molecule has 1 N–H and O–H groups in total. The zero-order valence-corrected chi connectivity index (χ0v) is 21.8. The van der Waals surface area contributed by atoms with Crippen molar-refractivity contribution < 1.29 is 24.2 Å². The first kappa shape index (κ1) is 33.3. The Morgan fingerprint density at radius 1 is 0.909 bits per heavy atom. The van der Waals surface area contributed by atoms with Gasteiger partial charge in [-0.05, 0) is 51.4 Å². The number of ketones is 1. The van der Waals surface area contributed by atoms with Crippen molar-refractivity contribution in [3.05, 3.63) is 24.3 Å². The Bertz CT molecular complexity index is 536. The molecule has 192 valence electrons. The van der Waals surface area contributed by atoms with Gasteiger partial charge in [0.1, 0.15) is 5.78 Å². The molecule has 0 aliphatic heterocycles. The summed E-state index contributed by atoms with van der Waals surface area (Å²) in [6.07, 6.45) is 23.8. The SMILES string of the molecule is CCCC(=O)O.CCCC/C=C\CCOC(=O)CC.CCCCC/C=C/CC1CCCC1=O. The number of unbranched alkanes of at least 4 members (excludes halogenated alkanes) is 5. The van der Waals surface area contributed by atoms with E-state index in [9.17, 15) is 14.4 Å². The average molecular weight is 467 g/mol. The zero-order chi connectivity index (χ0) is 25.2. The smallest absolute Gasteiger partial charge is 0.305 e. The van der Waals surface area contributed by atoms with E-state index in [1.165, 1.54) is 38.5 Å². The van der Waals surface area contributed by atoms with Gasteiger partial charge in [-0.3, -0.25) is 14.4 Å². The molecule has 5 nitrogen and oxygen atoms in total. The first-order chi connectivity index (χ1) is 15.9. The summed E-state index contributed by atoms with van der Waals surface area (Å²) >= 11 is 0. The number of hydrogen-bond donors (Lipinski definition) is 1. The van der Waals surface area contributed by atoms with Crippen LogP contribution in [0.2, 0.25) is 0 Å². The van der Waals surface area contributed by atoms with Crippen molar-refractivity contribution in [2.75, 3.05) is 6.61 Å². The van der Waals surface area contributed by atoms with Crippen LogP contribution in [0.15, 0.2) is 24.3 Å². The predicted octanol–water partition coefficient (Wildman–Crippen LogP) is 7.83. The monoisotopic (exact) mass is 466 g/mol. The van der Waals surface area contributed by atoms with E-state index in [-0.39, 0.29) is 5.97 Å². The quantitative estimate of drug-likeness (QED) is 0.151. The molecule has 33 heavy (non-hydrogen) atoms. The molecule has 0 aromatic heterocycles. The van der Waals surface area contributed by atoms with Crippen molar-refractivity contribution in [2.45, 2.75) is 124 Å². The first-order valence-corrected chi connectivity index (χ1v) is 13.1. The minimum Gasteiger partial charge on any atom is -0.481 e. The number of ether oxygens (including phenoxy) is 1. The minimum absolute atomic E-state index is 0.109. The summed E-state index contributed by atoms with van der Waals surface area (Å²) in [7, 11) is 0. The van der Waals surface area contributed by atoms with E-state index in [1.807, 2.05) is 6.92 Å². The summed E-state index contributed by atoms with van der Waals surface area (Å²) in [6.45, 7) is 8.57. The van der Waals surface area contributed by atoms with E-state index in [0.29, 0.717) is 31.1 Å². The van der Waals surface area contributed by atoms with Crippen LogP contribution in [0.5, 0.6) is 0 Å². The number of carbonyl (C=O) groups is 3. The number of hydrogen-bond acceptors (Lipinski definition) is 4. The number of carboxylic acid groups (broad SMARTS) is 1. The van der Waals surface area contributed by atoms with Crippen molar-refractivity contribution in [1.29, 1.82) is 0 Å². The lowest BCUT2D eigenvalue weighted by Crippen LogP contribution is -2.03. The van der Waals surface area contributed by atoms with Crippen LogP contribution in [-0.4, -0.2) is 29.4 Å². The number of allylic oxidation sites excluding steroid dienone is 3. The first-order valence-electron chi connectivity index (χ1n) is 13.1. The molecule has 1 aliphatic carbocycles. The Morgan fingerprint density at radius 3 is 2.06 bits per heavy atom. The van der Waals surface area contributed by atoms with Gasteiger partial charge in [-0.15, -0.1) is 0 Å². The number of esters is 1. The van der Waals surface area contributed by atoms with E-state index < -0.39 is 5.97 Å². The predicted molar refractivity (Wildman–Crippen MR) is 137 cm³/mol. The highest BCUT2D eigenvalue weighted by atomic mass is 16.5. The fourth-order valence-corrected chi connectivity index (χ4v) is 3.14. The minimum atomic E-state index is -0.711. The fraction of sp³-hybridized carbons (Fsp3) is 0.750. The second-order valence-corrected chi connectivity index (χ2v) is 8.38. The largest absolute Gasteiger partial charge is 0.481 e. The maximum atomic E-state index is 11.3. The molecule has 1 aliphatic rings. The molecule has 1 unspecified atom stereocenters. The van der Waals surface area contributed by atoms with Gasteiger partial charge in [0.25, 0.3) is 0 Å². The van der Waals surface area contributed by atoms with Crippen LogP contribution in [0.1, 0.15) is 124 Å². The third kappa shape index (κ3) is 26.2. The van der Waals surface area contributed by atoms with Crippen molar-refractivity contribution in [3.8, 4) is 0 Å². The summed E-state index contributed by atoms with van der Waals surface area (Å²) in [5.41, 5.74) is 0. The molecule has 1 rings (SSSR count). The zero-order valence-electron chi connectivity index (χ0n) is 21.8. The highest BCUT2D eigenvalue weighted by Crippen LogP contribution is 2.24. The molecule has 1 atom stereocenters. The van der Waals surface area contributed by atoms with E-state index >= 15 is 0 Å². The molecule has 0 aromatic rings. The van der Waals surface area contributed by atoms with E-state index in [0.717, 1.165) is 44.9 Å². The molecule has 1 saturated carbocycles. The molecule has 5 heteroatoms. The Labute approximate surface area is 203 Å². The van der Waals surface area contributed by atoms with Gasteiger partial charge in [-0.25, -0.2) is 0 Å². The lowest BCUT2D eigenvalue weighted by molar-refractivity contribution is -0.143. The van der Waals surface area contributed by atoms with Crippen molar-refractivity contribution in [3.63, 3.8) is 0 Å². The second kappa shape index (κ2) is 26.3. The highest BCUT2D eigenvalue weighted by molar-refractivity contribution is 5.82. The van der Waals surface area contributed by atoms with E-state index in [2.05, 4.69) is 38.2 Å². The van der Waals surface area contributed by atoms with Crippen LogP contribution in [0.25, 0.3) is 0 Å². The maximum Gasteiger partial charge on any atom is 0.305 e. The van der Waals surface area contributed by atoms with Gasteiger partial charge in [-0.2, -0.15) is 0 Å². The van der Waals surface area contributed by atoms with Gasteiger partial charge < -0.3 is 9.84 Å². The van der Waals surface area contributed by atoms with Crippen molar-refractivity contribution in [2.24, 2.45) is 5.92 Å². The number of carbonyl (C=O) groups excluding carboxylic acids is 2. The molecule has 1 fully saturated rings. The number of aliphatic carboxylic acids is 1. The Hall–Kier alpha value is -1.91. The third-order valence-electron chi connectivity index (χ3n) is 5.18. The van der Waals surface area contributed by atoms with Crippen LogP contribution >= 0.6 is 0 Å². The molecule has 0 aromatic carbocycles. The molecular formula is C28H50O5. The number of rotatable bonds is 15. The average Bonchev–Trinajstić information content (AvgIpc) is 3.20. The van der Waals surface area contributed by atoms with Crippen LogP contribution in [-0.2, 0) is 19.1 Å². The normalized spacial score (nSPS) is 15.2. The van der Waals surface area contributed by atoms with Crippen molar-refractivity contribution >= 4 is 17.7 Å². The van der Waals surface area contributed by atoms with Crippen LogP contribution in [0.3, 0.4) is 0 Å². The summed E-state index contributed by atoms with van der Waals surface area (Å²) in [6, 6.07) is 0. The summed E-state index contributed by atoms with van der Waals surface area (Å²) in [5, 5.41) is 7.91. The third-order valence-corrected chi connectivity index (χ3v) is 5.18. The lowest BCUT2D eigenvalue weighted by Gasteiger charge is -2.01. The summed E-state index contributed by atoms with van der Waals surface area (Å²) < 4.78 is 4.91. The van der Waals surface area contributed by atoms with Gasteiger partial charge in [0.15, 0.2) is 0 Å². The van der Waals surface area contributed by atoms with Gasteiger partial charge in [0, 0.05) is 25.2 Å². The fourth-order valence-electron chi connectivity index (χ4n) is 3.14. The topological polar surface area (TPSA) is 80.7 Å². The highest BCUT2D eigenvalue weighted by Gasteiger charge is 2.22. The van der Waals surface area contributed by atoms with E-state index in [4.69, 9.17) is 9.84 Å². The molecule has 0 heterocycles. The maximum absolute atomic E-state index is 11.3. The van der Waals surface area contributed by atoms with Crippen LogP contribution in [0.4, 0.5) is 0 Å². The summed E-state index contributed by atoms with van der Waals surface area (Å²) in [5.74, 6) is 0.0279. The van der Waals surface area contributed by atoms with Gasteiger partial charge in [-0.1, -0.05) is 77.7 Å². The van der Waals surface area contributed by atoms with Crippen LogP contribution < -0.4 is 0 Å². The van der Waals surface area contributed by atoms with Crippen LogP contribution in [0, 0.1) is 5.92 Å². The second-order valence-electron chi connectivity index (χ2n) is 8.38. The molecular weight excluding hydrogens is 416 g/mol. The molecule has 0 bridgehead atoms. The number of carboxylic acids is 1. The van der Waals surface area contributed by atoms with Gasteiger partial charge in [0.05, 0.1) is 6.61 Å². The Morgan fingerprint density at radius 2 is 1.55 bits per heavy atom. The van der Waals surface area contributed by atoms with Crippen molar-refractivity contribution in [1.82, 2.24) is 0 Å².